The summed E-state index contributed by atoms with van der Waals surface area (Å²) >= 11 is 3.75. The minimum Gasteiger partial charge on any atom is -0.444 e. The van der Waals surface area contributed by atoms with Crippen molar-refractivity contribution >= 4 is 40.8 Å². The van der Waals surface area contributed by atoms with Crippen LogP contribution in [0.25, 0.3) is 0 Å². The van der Waals surface area contributed by atoms with Gasteiger partial charge in [0.1, 0.15) is 10.3 Å². The first-order valence-electron chi connectivity index (χ1n) is 5.76. The molecule has 0 radical (unpaired) electrons. The molecule has 1 aromatic rings. The predicted molar refractivity (Wildman–Crippen MR) is 75.3 cm³/mol. The fourth-order valence-corrected chi connectivity index (χ4v) is 4.93. The third kappa shape index (κ3) is 4.05. The van der Waals surface area contributed by atoms with E-state index < -0.39 is 23.5 Å². The first-order valence-corrected chi connectivity index (χ1v) is 8.85. The molecule has 2 heterocycles. The van der Waals surface area contributed by atoms with Crippen LogP contribution in [-0.4, -0.2) is 39.6 Å². The smallest absolute Gasteiger partial charge is 0.432 e. The Bertz CT molecular complexity index is 472. The fraction of sp³-hybridized carbons (Fsp3) is 0.636. The number of ether oxygens (including phenoxy) is 1. The van der Waals surface area contributed by atoms with E-state index in [4.69, 9.17) is 4.74 Å². The summed E-state index contributed by atoms with van der Waals surface area (Å²) in [5, 5.41) is 0.754. The van der Waals surface area contributed by atoms with Gasteiger partial charge in [-0.3, -0.25) is 4.79 Å². The Hall–Kier alpha value is -0.410. The standard InChI is InChI=1S/C11H12F3NO2S3/c1-6-4-20-9(15-6)8(11(12,13)14)17-10(16)7-5-18-2-3-19-7/h4,7-8H,2-3,5H2,1H3/t7-,8-/m1/s1. The first kappa shape index (κ1) is 16.0. The van der Waals surface area contributed by atoms with E-state index in [9.17, 15) is 18.0 Å². The summed E-state index contributed by atoms with van der Waals surface area (Å²) in [6.45, 7) is 1.60. The first-order chi connectivity index (χ1) is 9.38. The normalized spacial score (nSPS) is 21.5. The molecule has 112 valence electrons. The molecule has 0 saturated carbocycles. The zero-order chi connectivity index (χ0) is 14.8. The Morgan fingerprint density at radius 1 is 1.50 bits per heavy atom. The van der Waals surface area contributed by atoms with Crippen molar-refractivity contribution in [2.45, 2.75) is 24.5 Å². The van der Waals surface area contributed by atoms with Crippen molar-refractivity contribution in [3.63, 3.8) is 0 Å². The lowest BCUT2D eigenvalue weighted by Gasteiger charge is -2.23. The van der Waals surface area contributed by atoms with E-state index in [1.54, 1.807) is 18.7 Å². The second kappa shape index (κ2) is 6.57. The molecule has 2 atom stereocenters. The van der Waals surface area contributed by atoms with Crippen molar-refractivity contribution in [1.82, 2.24) is 4.98 Å². The lowest BCUT2D eigenvalue weighted by molar-refractivity contribution is -0.223. The molecular formula is C11H12F3NO2S3. The number of carbonyl (C=O) groups is 1. The SMILES string of the molecule is Cc1csc([C@@H](OC(=O)[C@H]2CSCCS2)C(F)(F)F)n1. The topological polar surface area (TPSA) is 39.2 Å². The van der Waals surface area contributed by atoms with Crippen LogP contribution in [0.5, 0.6) is 0 Å². The van der Waals surface area contributed by atoms with Crippen LogP contribution in [0, 0.1) is 6.92 Å². The van der Waals surface area contributed by atoms with Crippen molar-refractivity contribution in [3.05, 3.63) is 16.1 Å². The number of halogens is 3. The van der Waals surface area contributed by atoms with Gasteiger partial charge in [0.2, 0.25) is 6.10 Å². The summed E-state index contributed by atoms with van der Waals surface area (Å²) in [5.74, 6) is 1.34. The highest BCUT2D eigenvalue weighted by molar-refractivity contribution is 8.07. The summed E-state index contributed by atoms with van der Waals surface area (Å²) in [7, 11) is 0. The summed E-state index contributed by atoms with van der Waals surface area (Å²) in [6.07, 6.45) is -6.91. The number of nitrogens with zero attached hydrogens (tertiary/aromatic N) is 1. The largest absolute Gasteiger partial charge is 0.444 e. The molecule has 1 saturated heterocycles. The number of aromatic nitrogens is 1. The maximum absolute atomic E-state index is 13.0. The molecule has 1 aliphatic rings. The quantitative estimate of drug-likeness (QED) is 0.786. The van der Waals surface area contributed by atoms with Crippen LogP contribution in [0.1, 0.15) is 16.8 Å². The van der Waals surface area contributed by atoms with E-state index in [-0.39, 0.29) is 5.01 Å². The molecule has 1 aliphatic heterocycles. The second-order valence-electron chi connectivity index (χ2n) is 4.12. The molecule has 0 aliphatic carbocycles. The number of hydrogen-bond donors (Lipinski definition) is 0. The Kier molecular flexibility index (Phi) is 5.25. The van der Waals surface area contributed by atoms with Gasteiger partial charge in [0.15, 0.2) is 0 Å². The van der Waals surface area contributed by atoms with Gasteiger partial charge in [-0.1, -0.05) is 0 Å². The molecule has 9 heteroatoms. The number of thioether (sulfide) groups is 2. The Morgan fingerprint density at radius 2 is 2.25 bits per heavy atom. The van der Waals surface area contributed by atoms with Crippen molar-refractivity contribution in [2.24, 2.45) is 0 Å². The molecule has 1 aromatic heterocycles. The zero-order valence-corrected chi connectivity index (χ0v) is 12.9. The van der Waals surface area contributed by atoms with E-state index in [1.165, 1.54) is 17.1 Å². The number of alkyl halides is 3. The van der Waals surface area contributed by atoms with E-state index in [2.05, 4.69) is 4.98 Å². The Morgan fingerprint density at radius 3 is 2.75 bits per heavy atom. The summed E-state index contributed by atoms with van der Waals surface area (Å²) in [5.41, 5.74) is 0.484. The van der Waals surface area contributed by atoms with Gasteiger partial charge >= 0.3 is 12.1 Å². The van der Waals surface area contributed by atoms with Crippen molar-refractivity contribution in [2.75, 3.05) is 17.3 Å². The molecule has 0 spiro atoms. The lowest BCUT2D eigenvalue weighted by Crippen LogP contribution is -2.32. The van der Waals surface area contributed by atoms with E-state index >= 15 is 0 Å². The van der Waals surface area contributed by atoms with Gasteiger partial charge in [-0.2, -0.15) is 24.9 Å². The minimum absolute atomic E-state index is 0.225. The number of esters is 1. The number of thiazole rings is 1. The van der Waals surface area contributed by atoms with E-state index in [0.717, 1.165) is 22.8 Å². The van der Waals surface area contributed by atoms with Crippen LogP contribution in [0.2, 0.25) is 0 Å². The molecule has 1 fully saturated rings. The fourth-order valence-electron chi connectivity index (χ4n) is 1.57. The van der Waals surface area contributed by atoms with Crippen molar-refractivity contribution < 1.29 is 22.7 Å². The average molecular weight is 343 g/mol. The van der Waals surface area contributed by atoms with Gasteiger partial charge in [-0.15, -0.1) is 23.1 Å². The molecule has 0 aromatic carbocycles. The van der Waals surface area contributed by atoms with Crippen molar-refractivity contribution in [3.8, 4) is 0 Å². The average Bonchev–Trinajstić information content (AvgIpc) is 2.81. The van der Waals surface area contributed by atoms with E-state index in [0.29, 0.717) is 11.4 Å². The molecule has 3 nitrogen and oxygen atoms in total. The maximum atomic E-state index is 13.0. The van der Waals surface area contributed by atoms with Gasteiger partial charge in [0.25, 0.3) is 0 Å². The number of rotatable bonds is 3. The van der Waals surface area contributed by atoms with Crippen LogP contribution >= 0.6 is 34.9 Å². The molecule has 0 bridgehead atoms. The monoisotopic (exact) mass is 343 g/mol. The van der Waals surface area contributed by atoms with Crippen LogP contribution in [0.15, 0.2) is 5.38 Å². The molecule has 0 unspecified atom stereocenters. The van der Waals surface area contributed by atoms with Gasteiger partial charge in [-0.05, 0) is 6.92 Å². The number of carbonyl (C=O) groups excluding carboxylic acids is 1. The van der Waals surface area contributed by atoms with Gasteiger partial charge < -0.3 is 4.74 Å². The summed E-state index contributed by atoms with van der Waals surface area (Å²) in [4.78, 5) is 15.6. The minimum atomic E-state index is -4.65. The number of hydrogen-bond acceptors (Lipinski definition) is 6. The highest BCUT2D eigenvalue weighted by Crippen LogP contribution is 2.38. The molecule has 20 heavy (non-hydrogen) atoms. The Balaban J connectivity index is 2.10. The number of aryl methyl sites for hydroxylation is 1. The third-order valence-corrected chi connectivity index (χ3v) is 6.21. The molecule has 0 N–H and O–H groups in total. The van der Waals surface area contributed by atoms with Crippen LogP contribution in [0.4, 0.5) is 13.2 Å². The molecule has 2 rings (SSSR count). The summed E-state index contributed by atoms with van der Waals surface area (Å²) < 4.78 is 43.8. The van der Waals surface area contributed by atoms with Crippen LogP contribution in [-0.2, 0) is 9.53 Å². The van der Waals surface area contributed by atoms with Crippen LogP contribution < -0.4 is 0 Å². The lowest BCUT2D eigenvalue weighted by atomic mass is 10.3. The van der Waals surface area contributed by atoms with Gasteiger partial charge in [-0.25, -0.2) is 4.98 Å². The van der Waals surface area contributed by atoms with Crippen molar-refractivity contribution in [1.29, 1.82) is 0 Å². The Labute approximate surface area is 126 Å². The zero-order valence-electron chi connectivity index (χ0n) is 10.5. The van der Waals surface area contributed by atoms with Gasteiger partial charge in [0.05, 0.1) is 0 Å². The highest BCUT2D eigenvalue weighted by Gasteiger charge is 2.47. The molecule has 0 amide bonds. The van der Waals surface area contributed by atoms with Crippen LogP contribution in [0.3, 0.4) is 0 Å². The third-order valence-electron chi connectivity index (χ3n) is 2.47. The van der Waals surface area contributed by atoms with Gasteiger partial charge in [0, 0.05) is 28.3 Å². The second-order valence-corrected chi connectivity index (χ2v) is 7.47. The maximum Gasteiger partial charge on any atom is 0.432 e. The highest BCUT2D eigenvalue weighted by atomic mass is 32.2. The summed E-state index contributed by atoms with van der Waals surface area (Å²) in [6, 6.07) is 0. The van der Waals surface area contributed by atoms with E-state index in [1.807, 2.05) is 0 Å². The predicted octanol–water partition coefficient (Wildman–Crippen LogP) is 3.45. The molecular weight excluding hydrogens is 331 g/mol.